The summed E-state index contributed by atoms with van der Waals surface area (Å²) in [5.74, 6) is 0.141. The van der Waals surface area contributed by atoms with Gasteiger partial charge in [-0.2, -0.15) is 0 Å². The number of amides is 1. The maximum atomic E-state index is 12.5. The molecule has 2 rings (SSSR count). The Balaban J connectivity index is 2.34. The lowest BCUT2D eigenvalue weighted by Gasteiger charge is -2.31. The van der Waals surface area contributed by atoms with Gasteiger partial charge in [0.05, 0.1) is 0 Å². The van der Waals surface area contributed by atoms with E-state index < -0.39 is 5.54 Å². The molecule has 1 aromatic rings. The largest absolute Gasteiger partial charge is 0.378 e. The first-order valence-corrected chi connectivity index (χ1v) is 6.73. The molecule has 1 heterocycles. The van der Waals surface area contributed by atoms with Gasteiger partial charge < -0.3 is 9.80 Å². The Hall–Kier alpha value is -1.55. The second kappa shape index (κ2) is 5.21. The maximum Gasteiger partial charge on any atom is 0.246 e. The van der Waals surface area contributed by atoms with Crippen molar-refractivity contribution in [3.8, 4) is 0 Å². The molecule has 1 aliphatic rings. The summed E-state index contributed by atoms with van der Waals surface area (Å²) in [5, 5.41) is 3.40. The number of anilines is 1. The molecule has 1 saturated heterocycles. The topological polar surface area (TPSA) is 35.6 Å². The Morgan fingerprint density at radius 3 is 2.47 bits per heavy atom. The van der Waals surface area contributed by atoms with E-state index >= 15 is 0 Å². The SMILES string of the molecule is CN1CCCNC(C)(c2ccc(N(C)C)cc2)C1=O. The van der Waals surface area contributed by atoms with Gasteiger partial charge in [0.1, 0.15) is 5.54 Å². The first-order chi connectivity index (χ1) is 8.95. The highest BCUT2D eigenvalue weighted by Crippen LogP contribution is 2.26. The molecule has 0 aromatic heterocycles. The van der Waals surface area contributed by atoms with Gasteiger partial charge in [-0.3, -0.25) is 10.1 Å². The lowest BCUT2D eigenvalue weighted by Crippen LogP contribution is -2.50. The van der Waals surface area contributed by atoms with Crippen LogP contribution in [0.5, 0.6) is 0 Å². The molecule has 1 fully saturated rings. The molecule has 1 aliphatic heterocycles. The maximum absolute atomic E-state index is 12.5. The number of rotatable bonds is 2. The van der Waals surface area contributed by atoms with E-state index in [1.807, 2.05) is 45.1 Å². The van der Waals surface area contributed by atoms with E-state index in [1.54, 1.807) is 0 Å². The van der Waals surface area contributed by atoms with Crippen LogP contribution in [0.2, 0.25) is 0 Å². The first-order valence-electron chi connectivity index (χ1n) is 6.73. The molecule has 0 saturated carbocycles. The van der Waals surface area contributed by atoms with Crippen molar-refractivity contribution >= 4 is 11.6 Å². The normalized spacial score (nSPS) is 24.2. The summed E-state index contributed by atoms with van der Waals surface area (Å²) < 4.78 is 0. The van der Waals surface area contributed by atoms with Crippen molar-refractivity contribution < 1.29 is 4.79 Å². The lowest BCUT2D eigenvalue weighted by molar-refractivity contribution is -0.135. The molecule has 1 aromatic carbocycles. The van der Waals surface area contributed by atoms with Crippen LogP contribution in [-0.4, -0.2) is 45.0 Å². The van der Waals surface area contributed by atoms with Crippen LogP contribution >= 0.6 is 0 Å². The van der Waals surface area contributed by atoms with E-state index in [0.29, 0.717) is 0 Å². The summed E-state index contributed by atoms with van der Waals surface area (Å²) in [7, 11) is 5.90. The third kappa shape index (κ3) is 2.59. The zero-order chi connectivity index (χ0) is 14.0. The smallest absolute Gasteiger partial charge is 0.246 e. The molecule has 0 aliphatic carbocycles. The van der Waals surface area contributed by atoms with Crippen LogP contribution in [0.1, 0.15) is 18.9 Å². The zero-order valence-electron chi connectivity index (χ0n) is 12.2. The molecule has 104 valence electrons. The minimum atomic E-state index is -0.615. The minimum absolute atomic E-state index is 0.141. The molecule has 1 atom stereocenters. The molecule has 4 heteroatoms. The summed E-state index contributed by atoms with van der Waals surface area (Å²) in [4.78, 5) is 16.4. The number of nitrogens with one attached hydrogen (secondary N) is 1. The molecular weight excluding hydrogens is 238 g/mol. The van der Waals surface area contributed by atoms with Gasteiger partial charge in [-0.25, -0.2) is 0 Å². The van der Waals surface area contributed by atoms with Crippen molar-refractivity contribution in [1.82, 2.24) is 10.2 Å². The van der Waals surface area contributed by atoms with Gasteiger partial charge in [0.2, 0.25) is 5.91 Å². The van der Waals surface area contributed by atoms with Gasteiger partial charge in [-0.15, -0.1) is 0 Å². The van der Waals surface area contributed by atoms with E-state index in [1.165, 1.54) is 0 Å². The number of carbonyl (C=O) groups is 1. The average Bonchev–Trinajstić information content (AvgIpc) is 2.53. The van der Waals surface area contributed by atoms with Crippen LogP contribution in [0.3, 0.4) is 0 Å². The van der Waals surface area contributed by atoms with Crippen LogP contribution in [0, 0.1) is 0 Å². The van der Waals surface area contributed by atoms with Crippen LogP contribution in [-0.2, 0) is 10.3 Å². The molecule has 1 N–H and O–H groups in total. The summed E-state index contributed by atoms with van der Waals surface area (Å²) in [6, 6.07) is 8.19. The van der Waals surface area contributed by atoms with E-state index in [4.69, 9.17) is 0 Å². The van der Waals surface area contributed by atoms with E-state index in [2.05, 4.69) is 22.3 Å². The van der Waals surface area contributed by atoms with Crippen LogP contribution in [0.15, 0.2) is 24.3 Å². The highest BCUT2D eigenvalue weighted by atomic mass is 16.2. The van der Waals surface area contributed by atoms with E-state index in [0.717, 1.165) is 30.8 Å². The van der Waals surface area contributed by atoms with E-state index in [-0.39, 0.29) is 5.91 Å². The molecule has 19 heavy (non-hydrogen) atoms. The van der Waals surface area contributed by atoms with Gasteiger partial charge in [0.25, 0.3) is 0 Å². The summed E-state index contributed by atoms with van der Waals surface area (Å²) in [6.45, 7) is 3.65. The van der Waals surface area contributed by atoms with Crippen molar-refractivity contribution in [3.05, 3.63) is 29.8 Å². The fourth-order valence-electron chi connectivity index (χ4n) is 2.53. The molecule has 0 spiro atoms. The Morgan fingerprint density at radius 2 is 1.89 bits per heavy atom. The highest BCUT2D eigenvalue weighted by Gasteiger charge is 2.38. The molecule has 0 bridgehead atoms. The van der Waals surface area contributed by atoms with E-state index in [9.17, 15) is 4.79 Å². The van der Waals surface area contributed by atoms with Crippen LogP contribution in [0.4, 0.5) is 5.69 Å². The monoisotopic (exact) mass is 261 g/mol. The predicted octanol–water partition coefficient (Wildman–Crippen LogP) is 1.42. The lowest BCUT2D eigenvalue weighted by atomic mass is 9.90. The first kappa shape index (κ1) is 13.9. The number of nitrogens with zero attached hydrogens (tertiary/aromatic N) is 2. The van der Waals surface area contributed by atoms with Gasteiger partial charge in [0, 0.05) is 33.4 Å². The summed E-state index contributed by atoms with van der Waals surface area (Å²) >= 11 is 0. The van der Waals surface area contributed by atoms with Crippen molar-refractivity contribution in [1.29, 1.82) is 0 Å². The van der Waals surface area contributed by atoms with Crippen LogP contribution < -0.4 is 10.2 Å². The number of likely N-dealkylation sites (N-methyl/N-ethyl adjacent to an activating group) is 1. The molecule has 1 amide bonds. The van der Waals surface area contributed by atoms with Crippen molar-refractivity contribution in [2.24, 2.45) is 0 Å². The number of benzene rings is 1. The van der Waals surface area contributed by atoms with Crippen molar-refractivity contribution in [2.45, 2.75) is 18.9 Å². The highest BCUT2D eigenvalue weighted by molar-refractivity contribution is 5.87. The molecule has 0 radical (unpaired) electrons. The third-order valence-electron chi connectivity index (χ3n) is 3.88. The molecule has 4 nitrogen and oxygen atoms in total. The third-order valence-corrected chi connectivity index (χ3v) is 3.88. The van der Waals surface area contributed by atoms with Gasteiger partial charge >= 0.3 is 0 Å². The number of hydrogen-bond donors (Lipinski definition) is 1. The fraction of sp³-hybridized carbons (Fsp3) is 0.533. The van der Waals surface area contributed by atoms with Gasteiger partial charge in [0.15, 0.2) is 0 Å². The summed E-state index contributed by atoms with van der Waals surface area (Å²) in [5.41, 5.74) is 1.55. The Bertz CT molecular complexity index is 455. The minimum Gasteiger partial charge on any atom is -0.378 e. The fourth-order valence-corrected chi connectivity index (χ4v) is 2.53. The molecule has 1 unspecified atom stereocenters. The number of hydrogen-bond acceptors (Lipinski definition) is 3. The zero-order valence-corrected chi connectivity index (χ0v) is 12.2. The predicted molar refractivity (Wildman–Crippen MR) is 78.4 cm³/mol. The quantitative estimate of drug-likeness (QED) is 0.874. The Labute approximate surface area is 115 Å². The second-order valence-electron chi connectivity index (χ2n) is 5.57. The Kier molecular flexibility index (Phi) is 3.80. The van der Waals surface area contributed by atoms with Gasteiger partial charge in [-0.05, 0) is 37.6 Å². The van der Waals surface area contributed by atoms with Crippen molar-refractivity contribution in [2.75, 3.05) is 39.1 Å². The van der Waals surface area contributed by atoms with Crippen LogP contribution in [0.25, 0.3) is 0 Å². The molecular formula is C15H23N3O. The van der Waals surface area contributed by atoms with Crippen molar-refractivity contribution in [3.63, 3.8) is 0 Å². The Morgan fingerprint density at radius 1 is 1.26 bits per heavy atom. The summed E-state index contributed by atoms with van der Waals surface area (Å²) in [6.07, 6.45) is 0.994. The van der Waals surface area contributed by atoms with Gasteiger partial charge in [-0.1, -0.05) is 12.1 Å². The average molecular weight is 261 g/mol. The number of carbonyl (C=O) groups excluding carboxylic acids is 1. The standard InChI is InChI=1S/C15H23N3O/c1-15(14(19)18(4)11-5-10-16-15)12-6-8-13(9-7-12)17(2)3/h6-9,16H,5,10-11H2,1-4H3. The second-order valence-corrected chi connectivity index (χ2v) is 5.57.